The normalized spacial score (nSPS) is 17.1. The summed E-state index contributed by atoms with van der Waals surface area (Å²) in [5.41, 5.74) is 0. The Morgan fingerprint density at radius 3 is 0.500 bits per heavy atom. The van der Waals surface area contributed by atoms with Crippen molar-refractivity contribution in [2.75, 3.05) is 0 Å². The van der Waals surface area contributed by atoms with E-state index in [1.54, 1.807) is 0 Å². The molecule has 0 aromatic rings. The zero-order valence-electron chi connectivity index (χ0n) is 13.3. The molecule has 0 aliphatic heterocycles. The molecule has 0 bridgehead atoms. The molecule has 0 saturated carbocycles. The second kappa shape index (κ2) is 7.25. The molecular formula is C9F22Ge. The third-order valence-electron chi connectivity index (χ3n) is 3.78. The van der Waals surface area contributed by atoms with Crippen molar-refractivity contribution >= 4 is 13.3 Å². The van der Waals surface area contributed by atoms with Gasteiger partial charge in [-0.3, -0.25) is 0 Å². The Hall–Kier alpha value is -0.997. The van der Waals surface area contributed by atoms with Crippen molar-refractivity contribution in [1.29, 1.82) is 0 Å². The van der Waals surface area contributed by atoms with E-state index in [4.69, 9.17) is 0 Å². The van der Waals surface area contributed by atoms with E-state index in [-0.39, 0.29) is 0 Å². The van der Waals surface area contributed by atoms with Gasteiger partial charge in [0, 0.05) is 0 Å². The minimum absolute atomic E-state index is 8.83. The summed E-state index contributed by atoms with van der Waals surface area (Å²) in [4.78, 5) is 0. The molecule has 0 amide bonds. The zero-order chi connectivity index (χ0) is 27.0. The van der Waals surface area contributed by atoms with Gasteiger partial charge < -0.3 is 0 Å². The van der Waals surface area contributed by atoms with Crippen LogP contribution in [-0.2, 0) is 0 Å². The van der Waals surface area contributed by atoms with Crippen molar-refractivity contribution in [2.24, 2.45) is 0 Å². The van der Waals surface area contributed by atoms with E-state index in [9.17, 15) is 96.6 Å². The van der Waals surface area contributed by atoms with Gasteiger partial charge in [-0.1, -0.05) is 0 Å². The fourth-order valence-corrected chi connectivity index (χ4v) is 12.1. The Morgan fingerprint density at radius 1 is 0.250 bits per heavy atom. The second-order valence-corrected chi connectivity index (χ2v) is 14.2. The maximum absolute atomic E-state index is 14.1. The molecule has 0 spiro atoms. The van der Waals surface area contributed by atoms with Crippen molar-refractivity contribution in [1.82, 2.24) is 0 Å². The molecule has 0 aliphatic rings. The van der Waals surface area contributed by atoms with E-state index < -0.39 is 62.9 Å². The molecule has 32 heavy (non-hydrogen) atoms. The number of hydrogen-bond donors (Lipinski definition) is 0. The van der Waals surface area contributed by atoms with Gasteiger partial charge in [0.15, 0.2) is 0 Å². The van der Waals surface area contributed by atoms with Gasteiger partial charge in [-0.05, 0) is 0 Å². The Morgan fingerprint density at radius 2 is 0.406 bits per heavy atom. The first-order valence-corrected chi connectivity index (χ1v) is 10.6. The molecule has 0 saturated heterocycles. The Bertz CT molecular complexity index is 600. The van der Waals surface area contributed by atoms with Gasteiger partial charge in [-0.2, -0.15) is 0 Å². The van der Waals surface area contributed by atoms with Gasteiger partial charge in [0.2, 0.25) is 0 Å². The van der Waals surface area contributed by atoms with Crippen molar-refractivity contribution < 1.29 is 96.6 Å². The van der Waals surface area contributed by atoms with E-state index in [1.807, 2.05) is 0 Å². The van der Waals surface area contributed by atoms with E-state index in [0.29, 0.717) is 0 Å². The summed E-state index contributed by atoms with van der Waals surface area (Å²) in [5, 5.41) is 0. The molecule has 0 aliphatic carbocycles. The van der Waals surface area contributed by atoms with Gasteiger partial charge in [0.05, 0.1) is 0 Å². The molecular weight excluding hydrogens is 599 g/mol. The zero-order valence-corrected chi connectivity index (χ0v) is 15.4. The molecule has 0 heterocycles. The average molecular weight is 599 g/mol. The van der Waals surface area contributed by atoms with Crippen LogP contribution >= 0.6 is 0 Å². The van der Waals surface area contributed by atoms with Crippen molar-refractivity contribution in [2.45, 2.75) is 49.6 Å². The topological polar surface area (TPSA) is 0 Å². The van der Waals surface area contributed by atoms with Gasteiger partial charge in [-0.25, -0.2) is 0 Å². The van der Waals surface area contributed by atoms with Crippen LogP contribution in [0.25, 0.3) is 0 Å². The summed E-state index contributed by atoms with van der Waals surface area (Å²) in [6.45, 7) is 0. The van der Waals surface area contributed by atoms with Gasteiger partial charge >= 0.3 is 160 Å². The predicted octanol–water partition coefficient (Wildman–Crippen LogP) is 7.02. The maximum atomic E-state index is 14.1. The standard InChI is InChI=1S/C9F22Ge/c10-1(2(11,12)13,3(14,15)16)32(7(26,27)4(17,18)19,8(28,29)5(20,21)22)9(30,31)6(23,24)25. The molecule has 0 unspecified atom stereocenters. The van der Waals surface area contributed by atoms with Crippen LogP contribution in [0.4, 0.5) is 96.6 Å². The molecule has 0 N–H and O–H groups in total. The van der Waals surface area contributed by atoms with Crippen LogP contribution in [0.15, 0.2) is 0 Å². The van der Waals surface area contributed by atoms with Crippen LogP contribution in [0, 0.1) is 0 Å². The van der Waals surface area contributed by atoms with E-state index in [0.717, 1.165) is 0 Å². The van der Waals surface area contributed by atoms with E-state index >= 15 is 0 Å². The van der Waals surface area contributed by atoms with Crippen molar-refractivity contribution in [3.05, 3.63) is 0 Å². The third kappa shape index (κ3) is 3.55. The number of rotatable bonds is 4. The Kier molecular flexibility index (Phi) is 7.02. The van der Waals surface area contributed by atoms with Crippen molar-refractivity contribution in [3.63, 3.8) is 0 Å². The van der Waals surface area contributed by atoms with Crippen LogP contribution in [0.3, 0.4) is 0 Å². The predicted molar refractivity (Wildman–Crippen MR) is 54.7 cm³/mol. The van der Waals surface area contributed by atoms with Crippen LogP contribution in [-0.4, -0.2) is 62.9 Å². The van der Waals surface area contributed by atoms with Crippen LogP contribution in [0.5, 0.6) is 0 Å². The summed E-state index contributed by atoms with van der Waals surface area (Å²) < 4.78 is 246. The fraction of sp³-hybridized carbons (Fsp3) is 1.00. The molecule has 0 nitrogen and oxygen atoms in total. The molecule has 0 aromatic carbocycles. The number of hydrogen-bond acceptors (Lipinski definition) is 0. The van der Waals surface area contributed by atoms with Gasteiger partial charge in [0.25, 0.3) is 0 Å². The molecule has 0 atom stereocenters. The first-order chi connectivity index (χ1) is 13.2. The molecule has 0 fully saturated rings. The number of alkyl halides is 22. The second-order valence-electron chi connectivity index (χ2n) is 5.62. The summed E-state index contributed by atoms with van der Waals surface area (Å²) in [6, 6.07) is 0. The van der Waals surface area contributed by atoms with E-state index in [2.05, 4.69) is 0 Å². The third-order valence-corrected chi connectivity index (χ3v) is 14.8. The first kappa shape index (κ1) is 31.0. The van der Waals surface area contributed by atoms with Crippen LogP contribution in [0.1, 0.15) is 0 Å². The van der Waals surface area contributed by atoms with Crippen molar-refractivity contribution in [3.8, 4) is 0 Å². The molecule has 0 aromatic heterocycles. The molecule has 0 rings (SSSR count). The Balaban J connectivity index is 8.85. The minimum atomic E-state index is -13.5. The van der Waals surface area contributed by atoms with Gasteiger partial charge in [0.1, 0.15) is 0 Å². The summed E-state index contributed by atoms with van der Waals surface area (Å²) >= 11 is -13.5. The monoisotopic (exact) mass is 600 g/mol. The van der Waals surface area contributed by atoms with E-state index in [1.165, 1.54) is 0 Å². The molecule has 194 valence electrons. The molecule has 23 heteroatoms. The Labute approximate surface area is 160 Å². The first-order valence-electron chi connectivity index (χ1n) is 6.41. The molecule has 0 radical (unpaired) electrons. The quantitative estimate of drug-likeness (QED) is 0.241. The van der Waals surface area contributed by atoms with Gasteiger partial charge in [-0.15, -0.1) is 0 Å². The van der Waals surface area contributed by atoms with Crippen LogP contribution < -0.4 is 0 Å². The average Bonchev–Trinajstić information content (AvgIpc) is 2.40. The summed E-state index contributed by atoms with van der Waals surface area (Å²) in [5.74, 6) is 0. The number of halogens is 22. The summed E-state index contributed by atoms with van der Waals surface area (Å²) in [6.07, 6.45) is -44.6. The SMILES string of the molecule is FC(F)(F)[C](F)(F)[Ge]([C](F)(F)C(F)(F)F)([C](F)(F)C(F)(F)F)[C](F)(C(F)(F)F)C(F)(F)F. The summed E-state index contributed by atoms with van der Waals surface area (Å²) in [7, 11) is 0. The fourth-order valence-electron chi connectivity index (χ4n) is 2.46. The van der Waals surface area contributed by atoms with Crippen LogP contribution in [0.2, 0.25) is 0 Å².